The van der Waals surface area contributed by atoms with Crippen LogP contribution in [0.4, 0.5) is 0 Å². The summed E-state index contributed by atoms with van der Waals surface area (Å²) in [6.45, 7) is 10.1. The molecule has 76 valence electrons. The van der Waals surface area contributed by atoms with Gasteiger partial charge in [0.25, 0.3) is 0 Å². The predicted octanol–water partition coefficient (Wildman–Crippen LogP) is 3.74. The normalized spacial score (nSPS) is 15.0. The van der Waals surface area contributed by atoms with Gasteiger partial charge in [0.05, 0.1) is 0 Å². The van der Waals surface area contributed by atoms with Gasteiger partial charge in [-0.1, -0.05) is 33.3 Å². The Balaban J connectivity index is 4.09. The molecule has 0 aliphatic rings. The van der Waals surface area contributed by atoms with Crippen molar-refractivity contribution >= 4 is 5.78 Å². The Morgan fingerprint density at radius 3 is 2.38 bits per heavy atom. The Morgan fingerprint density at radius 1 is 1.38 bits per heavy atom. The van der Waals surface area contributed by atoms with E-state index >= 15 is 0 Å². The average Bonchev–Trinajstić information content (AvgIpc) is 2.05. The van der Waals surface area contributed by atoms with Gasteiger partial charge in [-0.05, 0) is 18.3 Å². The van der Waals surface area contributed by atoms with Gasteiger partial charge in [0.1, 0.15) is 5.78 Å². The van der Waals surface area contributed by atoms with Gasteiger partial charge in [0, 0.05) is 12.8 Å². The van der Waals surface area contributed by atoms with Gasteiger partial charge in [0.2, 0.25) is 0 Å². The Labute approximate surface area is 82.2 Å². The van der Waals surface area contributed by atoms with Crippen molar-refractivity contribution in [1.29, 1.82) is 0 Å². The van der Waals surface area contributed by atoms with E-state index < -0.39 is 0 Å². The summed E-state index contributed by atoms with van der Waals surface area (Å²) in [4.78, 5) is 11.4. The third-order valence-electron chi connectivity index (χ3n) is 2.44. The van der Waals surface area contributed by atoms with Crippen molar-refractivity contribution < 1.29 is 4.79 Å². The molecule has 0 aromatic rings. The second-order valence-corrected chi connectivity index (χ2v) is 4.07. The zero-order valence-corrected chi connectivity index (χ0v) is 9.23. The highest BCUT2D eigenvalue weighted by Gasteiger charge is 2.22. The number of rotatable bonds is 7. The van der Waals surface area contributed by atoms with E-state index in [0.29, 0.717) is 18.6 Å². The number of ketones is 1. The first-order chi connectivity index (χ1) is 6.08. The molecule has 0 aliphatic carbocycles. The maximum atomic E-state index is 11.4. The molecule has 0 aromatic heterocycles. The van der Waals surface area contributed by atoms with Crippen molar-refractivity contribution in [3.05, 3.63) is 12.7 Å². The lowest BCUT2D eigenvalue weighted by Gasteiger charge is -2.24. The molecular formula is C12H22O. The molecule has 0 aliphatic heterocycles. The molecule has 0 bridgehead atoms. The summed E-state index contributed by atoms with van der Waals surface area (Å²) in [6, 6.07) is 0. The Kier molecular flexibility index (Phi) is 5.68. The van der Waals surface area contributed by atoms with Crippen LogP contribution >= 0.6 is 0 Å². The molecule has 0 heterocycles. The van der Waals surface area contributed by atoms with Crippen LogP contribution in [0.5, 0.6) is 0 Å². The first-order valence-electron chi connectivity index (χ1n) is 5.23. The van der Waals surface area contributed by atoms with Crippen molar-refractivity contribution in [3.8, 4) is 0 Å². The Bertz CT molecular complexity index is 172. The molecule has 1 atom stereocenters. The van der Waals surface area contributed by atoms with Gasteiger partial charge in [-0.3, -0.25) is 4.79 Å². The molecule has 1 nitrogen and oxygen atoms in total. The molecule has 0 N–H and O–H groups in total. The minimum atomic E-state index is 0.0288. The van der Waals surface area contributed by atoms with Gasteiger partial charge in [0.15, 0.2) is 0 Å². The zero-order chi connectivity index (χ0) is 10.3. The van der Waals surface area contributed by atoms with Crippen molar-refractivity contribution in [2.75, 3.05) is 0 Å². The number of carbonyl (C=O) groups is 1. The van der Waals surface area contributed by atoms with Crippen LogP contribution in [-0.2, 0) is 4.79 Å². The van der Waals surface area contributed by atoms with E-state index in [1.165, 1.54) is 0 Å². The zero-order valence-electron chi connectivity index (χ0n) is 9.23. The van der Waals surface area contributed by atoms with E-state index in [1.807, 2.05) is 13.0 Å². The van der Waals surface area contributed by atoms with Gasteiger partial charge in [-0.15, -0.1) is 6.58 Å². The number of hydrogen-bond acceptors (Lipinski definition) is 1. The second kappa shape index (κ2) is 5.95. The van der Waals surface area contributed by atoms with Crippen molar-refractivity contribution in [2.45, 2.75) is 52.9 Å². The lowest BCUT2D eigenvalue weighted by atomic mass is 9.80. The highest BCUT2D eigenvalue weighted by Crippen LogP contribution is 2.29. The second-order valence-electron chi connectivity index (χ2n) is 4.07. The van der Waals surface area contributed by atoms with Crippen LogP contribution in [0.15, 0.2) is 12.7 Å². The number of allylic oxidation sites excluding steroid dienone is 1. The van der Waals surface area contributed by atoms with Crippen LogP contribution in [0, 0.1) is 5.41 Å². The molecule has 0 amide bonds. The molecule has 0 rings (SSSR count). The lowest BCUT2D eigenvalue weighted by Crippen LogP contribution is -2.17. The van der Waals surface area contributed by atoms with E-state index in [4.69, 9.17) is 0 Å². The molecular weight excluding hydrogens is 160 g/mol. The van der Waals surface area contributed by atoms with Crippen molar-refractivity contribution in [2.24, 2.45) is 5.41 Å². The minimum Gasteiger partial charge on any atom is -0.300 e. The Hall–Kier alpha value is -0.590. The number of Topliss-reactive ketones (excluding diaryl/α,β-unsaturated/α-hetero) is 1. The van der Waals surface area contributed by atoms with Crippen molar-refractivity contribution in [1.82, 2.24) is 0 Å². The van der Waals surface area contributed by atoms with Crippen LogP contribution in [0.3, 0.4) is 0 Å². The minimum absolute atomic E-state index is 0.0288. The van der Waals surface area contributed by atoms with Crippen LogP contribution in [-0.4, -0.2) is 5.78 Å². The van der Waals surface area contributed by atoms with E-state index in [9.17, 15) is 4.79 Å². The third kappa shape index (κ3) is 4.87. The van der Waals surface area contributed by atoms with E-state index in [-0.39, 0.29) is 5.41 Å². The molecule has 0 saturated heterocycles. The van der Waals surface area contributed by atoms with E-state index in [2.05, 4.69) is 20.4 Å². The summed E-state index contributed by atoms with van der Waals surface area (Å²) >= 11 is 0. The summed E-state index contributed by atoms with van der Waals surface area (Å²) in [6.07, 6.45) is 6.45. The van der Waals surface area contributed by atoms with Crippen LogP contribution < -0.4 is 0 Å². The molecule has 0 fully saturated rings. The summed E-state index contributed by atoms with van der Waals surface area (Å²) in [5.41, 5.74) is 0.0288. The standard InChI is InChI=1S/C12H22O/c1-5-8-11(13)10-12(4,7-3)9-6-2/h7H,3,5-6,8-10H2,1-2,4H3. The summed E-state index contributed by atoms with van der Waals surface area (Å²) in [5, 5.41) is 0. The average molecular weight is 182 g/mol. The first-order valence-corrected chi connectivity index (χ1v) is 5.23. The fraction of sp³-hybridized carbons (Fsp3) is 0.750. The third-order valence-corrected chi connectivity index (χ3v) is 2.44. The smallest absolute Gasteiger partial charge is 0.133 e. The highest BCUT2D eigenvalue weighted by molar-refractivity contribution is 5.79. The predicted molar refractivity (Wildman–Crippen MR) is 57.7 cm³/mol. The fourth-order valence-electron chi connectivity index (χ4n) is 1.65. The SMILES string of the molecule is C=CC(C)(CCC)CC(=O)CCC. The fourth-order valence-corrected chi connectivity index (χ4v) is 1.65. The quantitative estimate of drug-likeness (QED) is 0.548. The maximum Gasteiger partial charge on any atom is 0.133 e. The van der Waals surface area contributed by atoms with Crippen LogP contribution in [0.1, 0.15) is 52.9 Å². The first kappa shape index (κ1) is 12.4. The molecule has 1 heteroatoms. The summed E-state index contributed by atoms with van der Waals surface area (Å²) in [7, 11) is 0. The van der Waals surface area contributed by atoms with Crippen LogP contribution in [0.25, 0.3) is 0 Å². The molecule has 0 aromatic carbocycles. The molecule has 1 unspecified atom stereocenters. The summed E-state index contributed by atoms with van der Waals surface area (Å²) < 4.78 is 0. The topological polar surface area (TPSA) is 17.1 Å². The number of carbonyl (C=O) groups excluding carboxylic acids is 1. The number of hydrogen-bond donors (Lipinski definition) is 0. The van der Waals surface area contributed by atoms with Crippen molar-refractivity contribution in [3.63, 3.8) is 0 Å². The molecule has 13 heavy (non-hydrogen) atoms. The van der Waals surface area contributed by atoms with Gasteiger partial charge >= 0.3 is 0 Å². The lowest BCUT2D eigenvalue weighted by molar-refractivity contribution is -0.120. The summed E-state index contributed by atoms with van der Waals surface area (Å²) in [5.74, 6) is 0.373. The monoisotopic (exact) mass is 182 g/mol. The van der Waals surface area contributed by atoms with Gasteiger partial charge in [-0.2, -0.15) is 0 Å². The van der Waals surface area contributed by atoms with Gasteiger partial charge in [-0.25, -0.2) is 0 Å². The highest BCUT2D eigenvalue weighted by atomic mass is 16.1. The molecule has 0 saturated carbocycles. The van der Waals surface area contributed by atoms with Gasteiger partial charge < -0.3 is 0 Å². The molecule has 0 radical (unpaired) electrons. The van der Waals surface area contributed by atoms with E-state index in [1.54, 1.807) is 0 Å². The van der Waals surface area contributed by atoms with E-state index in [0.717, 1.165) is 19.3 Å². The maximum absolute atomic E-state index is 11.4. The Morgan fingerprint density at radius 2 is 2.00 bits per heavy atom. The van der Waals surface area contributed by atoms with Crippen LogP contribution in [0.2, 0.25) is 0 Å². The largest absolute Gasteiger partial charge is 0.300 e. The molecule has 0 spiro atoms.